The van der Waals surface area contributed by atoms with Gasteiger partial charge in [-0.3, -0.25) is 9.36 Å². The van der Waals surface area contributed by atoms with Crippen LogP contribution in [0.3, 0.4) is 0 Å². The highest BCUT2D eigenvalue weighted by molar-refractivity contribution is 7.54. The summed E-state index contributed by atoms with van der Waals surface area (Å²) >= 11 is 5.47. The highest BCUT2D eigenvalue weighted by Crippen LogP contribution is 2.57. The zero-order valence-electron chi connectivity index (χ0n) is 13.6. The third-order valence-electron chi connectivity index (χ3n) is 2.50. The van der Waals surface area contributed by atoms with E-state index in [4.69, 9.17) is 25.4 Å². The highest BCUT2D eigenvalue weighted by Gasteiger charge is 2.40. The van der Waals surface area contributed by atoms with Crippen LogP contribution in [0.4, 0.5) is 0 Å². The first-order valence-corrected chi connectivity index (χ1v) is 9.61. The van der Waals surface area contributed by atoms with E-state index >= 15 is 0 Å². The van der Waals surface area contributed by atoms with Gasteiger partial charge in [0.15, 0.2) is 0 Å². The van der Waals surface area contributed by atoms with Crippen LogP contribution in [0.25, 0.3) is 0 Å². The van der Waals surface area contributed by atoms with Crippen LogP contribution in [-0.4, -0.2) is 29.9 Å². The molecule has 0 aromatic rings. The van der Waals surface area contributed by atoms with Crippen molar-refractivity contribution in [2.24, 2.45) is 0 Å². The zero-order chi connectivity index (χ0) is 16.5. The lowest BCUT2D eigenvalue weighted by Crippen LogP contribution is -2.24. The van der Waals surface area contributed by atoms with Gasteiger partial charge in [0.25, 0.3) is 0 Å². The Morgan fingerprint density at radius 2 is 1.62 bits per heavy atom. The molecule has 1 atom stereocenters. The van der Waals surface area contributed by atoms with Gasteiger partial charge in [-0.25, -0.2) is 0 Å². The highest BCUT2D eigenvalue weighted by atomic mass is 35.5. The Kier molecular flexibility index (Phi) is 10.6. The van der Waals surface area contributed by atoms with Gasteiger partial charge in [0, 0.05) is 0 Å². The van der Waals surface area contributed by atoms with Crippen LogP contribution in [-0.2, 0) is 23.1 Å². The number of carbonyl (C=O) groups excluding carboxylic acids is 1. The fourth-order valence-electron chi connectivity index (χ4n) is 1.78. The lowest BCUT2D eigenvalue weighted by molar-refractivity contribution is -0.143. The number of alkyl halides is 1. The smallest absolute Gasteiger partial charge is 0.371 e. The molecule has 0 aromatic carbocycles. The van der Waals surface area contributed by atoms with Crippen LogP contribution >= 0.6 is 19.2 Å². The molecule has 126 valence electrons. The Bertz CT molecular complexity index is 332. The quantitative estimate of drug-likeness (QED) is 0.235. The van der Waals surface area contributed by atoms with Crippen molar-refractivity contribution in [2.45, 2.75) is 78.4 Å². The summed E-state index contributed by atoms with van der Waals surface area (Å²) in [6.07, 6.45) is 2.60. The summed E-state index contributed by atoms with van der Waals surface area (Å²) in [5.41, 5.74) is 0. The summed E-state index contributed by atoms with van der Waals surface area (Å²) in [4.78, 5) is 11.5. The van der Waals surface area contributed by atoms with Crippen LogP contribution in [0.1, 0.15) is 60.3 Å². The van der Waals surface area contributed by atoms with Crippen molar-refractivity contribution in [3.8, 4) is 0 Å². The molecule has 0 heterocycles. The largest absolute Gasteiger partial charge is 0.448 e. The van der Waals surface area contributed by atoms with E-state index in [0.29, 0.717) is 6.42 Å². The van der Waals surface area contributed by atoms with Gasteiger partial charge in [-0.2, -0.15) is 0 Å². The number of esters is 1. The molecule has 5 nitrogen and oxygen atoms in total. The molecular weight excluding hydrogens is 315 g/mol. The summed E-state index contributed by atoms with van der Waals surface area (Å²) in [6.45, 7) is 9.13. The first kappa shape index (κ1) is 20.9. The van der Waals surface area contributed by atoms with E-state index in [1.165, 1.54) is 0 Å². The minimum Gasteiger partial charge on any atom is -0.448 e. The molecule has 0 aromatic heterocycles. The fourth-order valence-corrected chi connectivity index (χ4v) is 4.09. The molecule has 0 rings (SSSR count). The fraction of sp³-hybridized carbons (Fsp3) is 0.929. The second kappa shape index (κ2) is 10.6. The molecule has 0 aliphatic heterocycles. The van der Waals surface area contributed by atoms with E-state index in [1.807, 2.05) is 0 Å². The number of hydrogen-bond donors (Lipinski definition) is 0. The number of halogens is 1. The number of ether oxygens (including phenoxy) is 1. The van der Waals surface area contributed by atoms with Gasteiger partial charge in [-0.1, -0.05) is 19.8 Å². The molecule has 7 heteroatoms. The van der Waals surface area contributed by atoms with Crippen molar-refractivity contribution < 1.29 is 23.1 Å². The summed E-state index contributed by atoms with van der Waals surface area (Å²) in [6, 6.07) is 0. The summed E-state index contributed by atoms with van der Waals surface area (Å²) in [7, 11) is -3.55. The monoisotopic (exact) mass is 342 g/mol. The first-order valence-electron chi connectivity index (χ1n) is 7.47. The van der Waals surface area contributed by atoms with Gasteiger partial charge in [0.05, 0.1) is 12.2 Å². The molecule has 0 saturated heterocycles. The molecule has 0 unspecified atom stereocenters. The molecule has 0 radical (unpaired) electrons. The molecular formula is C14H28ClO5P. The SMILES string of the molecule is CCCCC[C@H](OC(=O)CCl)P(=O)(OC(C)C)OC(C)C. The maximum Gasteiger partial charge on any atom is 0.371 e. The first-order chi connectivity index (χ1) is 9.75. The predicted octanol–water partition coefficient (Wildman–Crippen LogP) is 4.72. The Morgan fingerprint density at radius 3 is 2.00 bits per heavy atom. The maximum absolute atomic E-state index is 13.0. The Morgan fingerprint density at radius 1 is 1.10 bits per heavy atom. The average Bonchev–Trinajstić information content (AvgIpc) is 2.35. The molecule has 0 spiro atoms. The van der Waals surface area contributed by atoms with Gasteiger partial charge in [0.1, 0.15) is 5.88 Å². The van der Waals surface area contributed by atoms with E-state index in [9.17, 15) is 9.36 Å². The molecule has 0 N–H and O–H groups in total. The number of unbranched alkanes of at least 4 members (excludes halogenated alkanes) is 2. The van der Waals surface area contributed by atoms with E-state index in [2.05, 4.69) is 6.92 Å². The van der Waals surface area contributed by atoms with Gasteiger partial charge >= 0.3 is 13.6 Å². The van der Waals surface area contributed by atoms with Gasteiger partial charge in [-0.15, -0.1) is 11.6 Å². The second-order valence-corrected chi connectivity index (χ2v) is 7.77. The Hall–Kier alpha value is -0.0900. The van der Waals surface area contributed by atoms with Crippen molar-refractivity contribution in [1.82, 2.24) is 0 Å². The summed E-state index contributed by atoms with van der Waals surface area (Å²) in [5.74, 6) is -1.80. The van der Waals surface area contributed by atoms with E-state index in [-0.39, 0.29) is 18.1 Å². The van der Waals surface area contributed by atoms with E-state index in [1.54, 1.807) is 27.7 Å². The molecule has 0 fully saturated rings. The van der Waals surface area contributed by atoms with Crippen LogP contribution in [0.5, 0.6) is 0 Å². The summed E-state index contributed by atoms with van der Waals surface area (Å²) in [5, 5.41) is 0. The molecule has 0 saturated carbocycles. The maximum atomic E-state index is 13.0. The predicted molar refractivity (Wildman–Crippen MR) is 84.8 cm³/mol. The van der Waals surface area contributed by atoms with Gasteiger partial charge in [0.2, 0.25) is 5.85 Å². The Balaban J connectivity index is 5.12. The molecule has 21 heavy (non-hydrogen) atoms. The second-order valence-electron chi connectivity index (χ2n) is 5.42. The minimum absolute atomic E-state index is 0.284. The van der Waals surface area contributed by atoms with Crippen LogP contribution in [0.2, 0.25) is 0 Å². The third kappa shape index (κ3) is 8.82. The number of rotatable bonds is 11. The van der Waals surface area contributed by atoms with Crippen LogP contribution < -0.4 is 0 Å². The van der Waals surface area contributed by atoms with Gasteiger partial charge < -0.3 is 13.8 Å². The molecule has 0 aliphatic carbocycles. The van der Waals surface area contributed by atoms with Crippen molar-refractivity contribution in [3.05, 3.63) is 0 Å². The van der Waals surface area contributed by atoms with Crippen LogP contribution in [0, 0.1) is 0 Å². The minimum atomic E-state index is -3.55. The van der Waals surface area contributed by atoms with E-state index in [0.717, 1.165) is 19.3 Å². The average molecular weight is 343 g/mol. The normalized spacial score (nSPS) is 13.7. The number of carbonyl (C=O) groups is 1. The topological polar surface area (TPSA) is 61.8 Å². The molecule has 0 amide bonds. The van der Waals surface area contributed by atoms with Crippen molar-refractivity contribution in [3.63, 3.8) is 0 Å². The lowest BCUT2D eigenvalue weighted by Gasteiger charge is -2.29. The van der Waals surface area contributed by atoms with Crippen molar-refractivity contribution in [2.75, 3.05) is 5.88 Å². The summed E-state index contributed by atoms with van der Waals surface area (Å²) < 4.78 is 29.2. The molecule has 0 aliphatic rings. The number of hydrogen-bond acceptors (Lipinski definition) is 5. The zero-order valence-corrected chi connectivity index (χ0v) is 15.3. The lowest BCUT2D eigenvalue weighted by atomic mass is 10.2. The molecule has 0 bridgehead atoms. The Labute approximate surface area is 133 Å². The van der Waals surface area contributed by atoms with Crippen molar-refractivity contribution >= 4 is 25.2 Å². The van der Waals surface area contributed by atoms with Gasteiger partial charge in [-0.05, 0) is 40.5 Å². The standard InChI is InChI=1S/C14H28ClO5P/c1-6-7-8-9-14(18-13(16)10-15)21(17,19-11(2)3)20-12(4)5/h11-12,14H,6-10H2,1-5H3/t14-/m1/s1. The van der Waals surface area contributed by atoms with Crippen LogP contribution in [0.15, 0.2) is 0 Å². The van der Waals surface area contributed by atoms with E-state index < -0.39 is 19.4 Å². The van der Waals surface area contributed by atoms with Crippen molar-refractivity contribution in [1.29, 1.82) is 0 Å². The third-order valence-corrected chi connectivity index (χ3v) is 5.22.